The highest BCUT2D eigenvalue weighted by Gasteiger charge is 2.08. The highest BCUT2D eigenvalue weighted by Crippen LogP contribution is 2.13. The van der Waals surface area contributed by atoms with Crippen LogP contribution in [-0.4, -0.2) is 30.7 Å². The summed E-state index contributed by atoms with van der Waals surface area (Å²) in [4.78, 5) is 16.4. The molecule has 3 aromatic rings. The summed E-state index contributed by atoms with van der Waals surface area (Å²) in [6, 6.07) is 3.76. The van der Waals surface area contributed by atoms with Gasteiger partial charge in [0.1, 0.15) is 11.3 Å². The van der Waals surface area contributed by atoms with Gasteiger partial charge in [0.05, 0.1) is 0 Å². The van der Waals surface area contributed by atoms with Crippen LogP contribution >= 0.6 is 11.3 Å². The van der Waals surface area contributed by atoms with E-state index in [4.69, 9.17) is 0 Å². The third-order valence-corrected chi connectivity index (χ3v) is 3.71. The van der Waals surface area contributed by atoms with Crippen molar-refractivity contribution >= 4 is 22.2 Å². The minimum Gasteiger partial charge on any atom is -0.352 e. The summed E-state index contributed by atoms with van der Waals surface area (Å²) in [7, 11) is 0. The van der Waals surface area contributed by atoms with E-state index < -0.39 is 0 Å². The van der Waals surface area contributed by atoms with E-state index in [9.17, 15) is 4.79 Å². The van der Waals surface area contributed by atoms with E-state index in [-0.39, 0.29) is 5.91 Å². The predicted molar refractivity (Wildman–Crippen MR) is 73.1 cm³/mol. The van der Waals surface area contributed by atoms with Gasteiger partial charge in [0, 0.05) is 31.8 Å². The molecule has 0 radical (unpaired) electrons. The van der Waals surface area contributed by atoms with Crippen LogP contribution in [0.2, 0.25) is 0 Å². The number of hydrogen-bond donors (Lipinski definition) is 1. The number of fused-ring (bicyclic) bond motifs is 1. The Kier molecular flexibility index (Phi) is 3.64. The number of nitrogens with one attached hydrogen (secondary N) is 1. The quantitative estimate of drug-likeness (QED) is 0.751. The van der Waals surface area contributed by atoms with Crippen LogP contribution in [0.25, 0.3) is 4.96 Å². The van der Waals surface area contributed by atoms with Crippen molar-refractivity contribution in [2.75, 3.05) is 0 Å². The van der Waals surface area contributed by atoms with E-state index in [1.54, 1.807) is 23.2 Å². The highest BCUT2D eigenvalue weighted by atomic mass is 32.1. The zero-order chi connectivity index (χ0) is 13.8. The number of pyridine rings is 1. The minimum atomic E-state index is 0.00720. The molecule has 1 N–H and O–H groups in total. The number of amides is 1. The number of hydrogen-bond acceptors (Lipinski definition) is 6. The fourth-order valence-electron chi connectivity index (χ4n) is 1.71. The molecule has 0 fully saturated rings. The molecule has 8 heteroatoms. The van der Waals surface area contributed by atoms with Gasteiger partial charge in [-0.25, -0.2) is 0 Å². The Morgan fingerprint density at radius 3 is 3.00 bits per heavy atom. The second kappa shape index (κ2) is 5.74. The summed E-state index contributed by atoms with van der Waals surface area (Å²) in [5, 5.41) is 15.7. The van der Waals surface area contributed by atoms with E-state index in [1.165, 1.54) is 11.3 Å². The molecule has 102 valence electrons. The first-order valence-corrected chi connectivity index (χ1v) is 6.94. The Labute approximate surface area is 118 Å². The number of rotatable bonds is 5. The molecule has 0 unspecified atom stereocenters. The lowest BCUT2D eigenvalue weighted by Gasteiger charge is -2.03. The fourth-order valence-corrected chi connectivity index (χ4v) is 2.53. The van der Waals surface area contributed by atoms with Gasteiger partial charge in [-0.05, 0) is 17.7 Å². The van der Waals surface area contributed by atoms with Crippen molar-refractivity contribution in [3.05, 3.63) is 41.4 Å². The standard InChI is InChI=1S/C12H12N6OS/c19-10(14-7-9-3-5-13-6-4-9)1-2-11-17-18-8-15-16-12(18)20-11/h3-6,8H,1-2,7H2,(H,14,19). The molecule has 3 aromatic heterocycles. The molecule has 0 aliphatic heterocycles. The van der Waals surface area contributed by atoms with Gasteiger partial charge in [-0.3, -0.25) is 9.78 Å². The molecule has 0 aromatic carbocycles. The average molecular weight is 288 g/mol. The maximum atomic E-state index is 11.8. The number of carbonyl (C=O) groups excluding carboxylic acids is 1. The summed E-state index contributed by atoms with van der Waals surface area (Å²) in [6.45, 7) is 0.520. The summed E-state index contributed by atoms with van der Waals surface area (Å²) in [5.41, 5.74) is 1.03. The van der Waals surface area contributed by atoms with Crippen LogP contribution in [0.4, 0.5) is 0 Å². The van der Waals surface area contributed by atoms with Gasteiger partial charge in [-0.2, -0.15) is 9.61 Å². The van der Waals surface area contributed by atoms with E-state index in [0.717, 1.165) is 15.5 Å². The summed E-state index contributed by atoms with van der Waals surface area (Å²) in [6.07, 6.45) is 5.99. The molecule has 0 saturated carbocycles. The van der Waals surface area contributed by atoms with Crippen LogP contribution in [0.1, 0.15) is 17.0 Å². The van der Waals surface area contributed by atoms with E-state index in [1.807, 2.05) is 12.1 Å². The molecule has 1 amide bonds. The van der Waals surface area contributed by atoms with Crippen LogP contribution in [0.3, 0.4) is 0 Å². The largest absolute Gasteiger partial charge is 0.352 e. The Morgan fingerprint density at radius 1 is 1.35 bits per heavy atom. The smallest absolute Gasteiger partial charge is 0.234 e. The van der Waals surface area contributed by atoms with Gasteiger partial charge >= 0.3 is 0 Å². The topological polar surface area (TPSA) is 85.1 Å². The van der Waals surface area contributed by atoms with Gasteiger partial charge in [0.2, 0.25) is 10.9 Å². The first-order chi connectivity index (χ1) is 9.81. The zero-order valence-electron chi connectivity index (χ0n) is 10.6. The van der Waals surface area contributed by atoms with E-state index in [2.05, 4.69) is 25.6 Å². The summed E-state index contributed by atoms with van der Waals surface area (Å²) < 4.78 is 1.62. The third kappa shape index (κ3) is 2.97. The normalized spacial score (nSPS) is 10.8. The molecule has 0 spiro atoms. The maximum absolute atomic E-state index is 11.8. The van der Waals surface area contributed by atoms with Crippen molar-refractivity contribution in [3.63, 3.8) is 0 Å². The van der Waals surface area contributed by atoms with Crippen LogP contribution in [0.15, 0.2) is 30.9 Å². The lowest BCUT2D eigenvalue weighted by molar-refractivity contribution is -0.121. The molecular formula is C12H12N6OS. The van der Waals surface area contributed by atoms with Crippen molar-refractivity contribution in [3.8, 4) is 0 Å². The maximum Gasteiger partial charge on any atom is 0.234 e. The Morgan fingerprint density at radius 2 is 2.20 bits per heavy atom. The molecule has 3 rings (SSSR count). The first-order valence-electron chi connectivity index (χ1n) is 6.12. The van der Waals surface area contributed by atoms with Crippen molar-refractivity contribution in [1.29, 1.82) is 0 Å². The van der Waals surface area contributed by atoms with Crippen molar-refractivity contribution < 1.29 is 4.79 Å². The first kappa shape index (κ1) is 12.7. The van der Waals surface area contributed by atoms with Crippen molar-refractivity contribution in [1.82, 2.24) is 30.1 Å². The van der Waals surface area contributed by atoms with Gasteiger partial charge in [0.15, 0.2) is 0 Å². The van der Waals surface area contributed by atoms with Gasteiger partial charge in [0.25, 0.3) is 0 Å². The second-order valence-electron chi connectivity index (χ2n) is 4.19. The van der Waals surface area contributed by atoms with Gasteiger partial charge < -0.3 is 5.32 Å². The molecule has 3 heterocycles. The van der Waals surface area contributed by atoms with E-state index >= 15 is 0 Å². The second-order valence-corrected chi connectivity index (χ2v) is 5.23. The lowest BCUT2D eigenvalue weighted by Crippen LogP contribution is -2.22. The Hall–Kier alpha value is -2.35. The lowest BCUT2D eigenvalue weighted by atomic mass is 10.2. The number of aryl methyl sites for hydroxylation is 1. The Bertz CT molecular complexity index is 678. The van der Waals surface area contributed by atoms with Crippen molar-refractivity contribution in [2.24, 2.45) is 0 Å². The Balaban J connectivity index is 1.48. The van der Waals surface area contributed by atoms with Crippen LogP contribution < -0.4 is 5.32 Å². The number of aromatic nitrogens is 5. The number of carbonyl (C=O) groups is 1. The molecule has 0 saturated heterocycles. The van der Waals surface area contributed by atoms with Crippen LogP contribution in [0.5, 0.6) is 0 Å². The SMILES string of the molecule is O=C(CCc1nn2cnnc2s1)NCc1ccncc1. The predicted octanol–water partition coefficient (Wildman–Crippen LogP) is 0.830. The summed E-state index contributed by atoms with van der Waals surface area (Å²) in [5.74, 6) is 0.00720. The van der Waals surface area contributed by atoms with Crippen LogP contribution in [-0.2, 0) is 17.8 Å². The molecule has 7 nitrogen and oxygen atoms in total. The molecule has 0 aliphatic rings. The molecule has 20 heavy (non-hydrogen) atoms. The van der Waals surface area contributed by atoms with Crippen LogP contribution in [0, 0.1) is 0 Å². The van der Waals surface area contributed by atoms with Crippen molar-refractivity contribution in [2.45, 2.75) is 19.4 Å². The zero-order valence-corrected chi connectivity index (χ0v) is 11.4. The number of nitrogens with zero attached hydrogens (tertiary/aromatic N) is 5. The third-order valence-electron chi connectivity index (χ3n) is 2.73. The minimum absolute atomic E-state index is 0.00720. The van der Waals surface area contributed by atoms with E-state index in [0.29, 0.717) is 19.4 Å². The van der Waals surface area contributed by atoms with Gasteiger partial charge in [-0.15, -0.1) is 10.2 Å². The molecule has 0 bridgehead atoms. The highest BCUT2D eigenvalue weighted by molar-refractivity contribution is 7.16. The molecule has 0 aliphatic carbocycles. The van der Waals surface area contributed by atoms with Gasteiger partial charge in [-0.1, -0.05) is 11.3 Å². The molecular weight excluding hydrogens is 276 g/mol. The fraction of sp³-hybridized carbons (Fsp3) is 0.250. The molecule has 0 atom stereocenters. The monoisotopic (exact) mass is 288 g/mol. The average Bonchev–Trinajstić information content (AvgIpc) is 3.05. The summed E-state index contributed by atoms with van der Waals surface area (Å²) >= 11 is 1.45.